The van der Waals surface area contributed by atoms with Gasteiger partial charge in [0, 0.05) is 24.0 Å². The molecule has 0 spiro atoms. The number of hydrogen-bond donors (Lipinski definition) is 1. The van der Waals surface area contributed by atoms with E-state index in [1.54, 1.807) is 54.0 Å². The third-order valence-corrected chi connectivity index (χ3v) is 7.52. The number of hydrogen-bond acceptors (Lipinski definition) is 7. The van der Waals surface area contributed by atoms with Crippen LogP contribution in [-0.4, -0.2) is 54.9 Å². The molecular weight excluding hydrogens is 525 g/mol. The van der Waals surface area contributed by atoms with Crippen molar-refractivity contribution in [1.29, 1.82) is 0 Å². The summed E-state index contributed by atoms with van der Waals surface area (Å²) in [5.74, 6) is 0.726. The van der Waals surface area contributed by atoms with Crippen LogP contribution in [0, 0.1) is 6.92 Å². The van der Waals surface area contributed by atoms with E-state index in [0.29, 0.717) is 33.6 Å². The molecule has 0 aliphatic rings. The summed E-state index contributed by atoms with van der Waals surface area (Å²) in [7, 11) is -0.101. The van der Waals surface area contributed by atoms with Gasteiger partial charge in [0.2, 0.25) is 0 Å². The summed E-state index contributed by atoms with van der Waals surface area (Å²) in [5.41, 5.74) is 1.65. The molecule has 36 heavy (non-hydrogen) atoms. The Kier molecular flexibility index (Phi) is 7.89. The Bertz CT molecular complexity index is 1490. The van der Waals surface area contributed by atoms with E-state index in [1.165, 1.54) is 12.3 Å². The first-order chi connectivity index (χ1) is 17.2. The van der Waals surface area contributed by atoms with Crippen molar-refractivity contribution in [2.75, 3.05) is 32.0 Å². The van der Waals surface area contributed by atoms with Gasteiger partial charge in [-0.05, 0) is 56.4 Å². The molecule has 2 heterocycles. The first-order valence-corrected chi connectivity index (χ1v) is 13.2. The van der Waals surface area contributed by atoms with Crippen molar-refractivity contribution in [2.45, 2.75) is 18.4 Å². The molecule has 0 aliphatic carbocycles. The number of nitrogens with one attached hydrogen (secondary N) is 1. The number of fused-ring (bicyclic) bond motifs is 1. The zero-order valence-electron chi connectivity index (χ0n) is 19.9. The third-order valence-electron chi connectivity index (χ3n) is 5.32. The van der Waals surface area contributed by atoms with Gasteiger partial charge in [0.25, 0.3) is 15.9 Å². The smallest absolute Gasteiger partial charge is 0.263 e. The largest absolute Gasteiger partial charge is 0.491 e. The monoisotopic (exact) mass is 549 g/mol. The summed E-state index contributed by atoms with van der Waals surface area (Å²) in [6.45, 7) is 2.95. The van der Waals surface area contributed by atoms with E-state index in [4.69, 9.17) is 32.7 Å². The standard InChI is InChI=1S/C24H25Cl2N5O4S/c1-16-18(25)5-4-6-21(16)36(32,33)29-23-24(28-14-22-27-9-10-31(22)23)35-15-17-7-8-19(26)20(13-17)34-12-11-30(2)3/h4-10,13-14,29H,11-12,15H2,1-3H3. The number of anilines is 1. The summed E-state index contributed by atoms with van der Waals surface area (Å²) in [4.78, 5) is 10.5. The molecule has 9 nitrogen and oxygen atoms in total. The van der Waals surface area contributed by atoms with E-state index in [-0.39, 0.29) is 23.2 Å². The van der Waals surface area contributed by atoms with E-state index in [2.05, 4.69) is 14.7 Å². The van der Waals surface area contributed by atoms with Crippen molar-refractivity contribution in [3.05, 3.63) is 76.2 Å². The van der Waals surface area contributed by atoms with Gasteiger partial charge >= 0.3 is 0 Å². The van der Waals surface area contributed by atoms with Crippen molar-refractivity contribution >= 4 is 44.7 Å². The Labute approximate surface area is 219 Å². The molecule has 1 N–H and O–H groups in total. The molecule has 2 aromatic carbocycles. The minimum absolute atomic E-state index is 0.0512. The Hall–Kier alpha value is -3.05. The number of halogens is 2. The molecule has 0 saturated carbocycles. The Balaban J connectivity index is 1.61. The Morgan fingerprint density at radius 1 is 1.08 bits per heavy atom. The number of sulfonamides is 1. The van der Waals surface area contributed by atoms with Gasteiger partial charge in [-0.1, -0.05) is 35.3 Å². The third kappa shape index (κ3) is 5.84. The first kappa shape index (κ1) is 26.0. The molecule has 0 fully saturated rings. The summed E-state index contributed by atoms with van der Waals surface area (Å²) in [5, 5.41) is 0.834. The lowest BCUT2D eigenvalue weighted by Crippen LogP contribution is -2.19. The van der Waals surface area contributed by atoms with Crippen LogP contribution >= 0.6 is 23.2 Å². The van der Waals surface area contributed by atoms with Crippen molar-refractivity contribution in [3.63, 3.8) is 0 Å². The van der Waals surface area contributed by atoms with Crippen molar-refractivity contribution < 1.29 is 17.9 Å². The number of benzene rings is 2. The molecule has 0 atom stereocenters. The van der Waals surface area contributed by atoms with Crippen LogP contribution in [0.15, 0.2) is 59.9 Å². The van der Waals surface area contributed by atoms with Gasteiger partial charge in [-0.2, -0.15) is 0 Å². The fourth-order valence-electron chi connectivity index (χ4n) is 3.38. The maximum atomic E-state index is 13.3. The first-order valence-electron chi connectivity index (χ1n) is 10.9. The van der Waals surface area contributed by atoms with Crippen LogP contribution in [0.2, 0.25) is 10.0 Å². The van der Waals surface area contributed by atoms with Crippen LogP contribution in [0.25, 0.3) is 5.65 Å². The Morgan fingerprint density at radius 3 is 2.67 bits per heavy atom. The van der Waals surface area contributed by atoms with Crippen molar-refractivity contribution in [3.8, 4) is 11.6 Å². The molecule has 4 rings (SSSR count). The number of likely N-dealkylation sites (N-methyl/N-ethyl adjacent to an activating group) is 1. The molecule has 190 valence electrons. The number of ether oxygens (including phenoxy) is 2. The maximum absolute atomic E-state index is 13.3. The number of rotatable bonds is 10. The highest BCUT2D eigenvalue weighted by molar-refractivity contribution is 7.92. The van der Waals surface area contributed by atoms with Crippen LogP contribution in [-0.2, 0) is 16.6 Å². The summed E-state index contributed by atoms with van der Waals surface area (Å²) in [6, 6.07) is 10.0. The van der Waals surface area contributed by atoms with Crippen molar-refractivity contribution in [2.24, 2.45) is 0 Å². The molecule has 0 aliphatic heterocycles. The number of nitrogens with zero attached hydrogens (tertiary/aromatic N) is 4. The van der Waals surface area contributed by atoms with E-state index in [9.17, 15) is 8.42 Å². The lowest BCUT2D eigenvalue weighted by Gasteiger charge is -2.16. The van der Waals surface area contributed by atoms with Gasteiger partial charge < -0.3 is 14.4 Å². The molecule has 0 unspecified atom stereocenters. The highest BCUT2D eigenvalue weighted by Gasteiger charge is 2.23. The van der Waals surface area contributed by atoms with Crippen LogP contribution in [0.1, 0.15) is 11.1 Å². The van der Waals surface area contributed by atoms with E-state index < -0.39 is 10.0 Å². The molecular formula is C24H25Cl2N5O4S. The number of imidazole rings is 1. The Morgan fingerprint density at radius 2 is 1.89 bits per heavy atom. The van der Waals surface area contributed by atoms with Crippen LogP contribution < -0.4 is 14.2 Å². The minimum atomic E-state index is -4.02. The topological polar surface area (TPSA) is 98.1 Å². The van der Waals surface area contributed by atoms with Crippen LogP contribution in [0.3, 0.4) is 0 Å². The second-order valence-electron chi connectivity index (χ2n) is 8.24. The fraction of sp³-hybridized carbons (Fsp3) is 0.250. The maximum Gasteiger partial charge on any atom is 0.263 e. The van der Waals surface area contributed by atoms with Crippen LogP contribution in [0.5, 0.6) is 11.6 Å². The molecule has 0 radical (unpaired) electrons. The average molecular weight is 550 g/mol. The quantitative estimate of drug-likeness (QED) is 0.307. The SMILES string of the molecule is Cc1c(Cl)cccc1S(=O)(=O)Nc1c(OCc2ccc(Cl)c(OCCN(C)C)c2)ncc2nccn12. The second-order valence-corrected chi connectivity index (χ2v) is 10.7. The van der Waals surface area contributed by atoms with E-state index in [1.807, 2.05) is 19.0 Å². The molecule has 2 aromatic heterocycles. The molecule has 12 heteroatoms. The second kappa shape index (κ2) is 10.9. The van der Waals surface area contributed by atoms with Crippen molar-refractivity contribution in [1.82, 2.24) is 19.3 Å². The van der Waals surface area contributed by atoms with Crippen LogP contribution in [0.4, 0.5) is 5.82 Å². The number of aromatic nitrogens is 3. The average Bonchev–Trinajstić information content (AvgIpc) is 3.31. The summed E-state index contributed by atoms with van der Waals surface area (Å²) >= 11 is 12.4. The molecule has 0 bridgehead atoms. The summed E-state index contributed by atoms with van der Waals surface area (Å²) in [6.07, 6.45) is 4.65. The zero-order chi connectivity index (χ0) is 25.9. The minimum Gasteiger partial charge on any atom is -0.491 e. The molecule has 4 aromatic rings. The highest BCUT2D eigenvalue weighted by Crippen LogP contribution is 2.30. The molecule has 0 saturated heterocycles. The normalized spacial score (nSPS) is 11.7. The lowest BCUT2D eigenvalue weighted by atomic mass is 10.2. The zero-order valence-corrected chi connectivity index (χ0v) is 22.2. The van der Waals surface area contributed by atoms with E-state index >= 15 is 0 Å². The lowest BCUT2D eigenvalue weighted by molar-refractivity contribution is 0.259. The van der Waals surface area contributed by atoms with Gasteiger partial charge in [-0.3, -0.25) is 9.12 Å². The van der Waals surface area contributed by atoms with Gasteiger partial charge in [-0.25, -0.2) is 18.4 Å². The summed E-state index contributed by atoms with van der Waals surface area (Å²) < 4.78 is 42.4. The molecule has 0 amide bonds. The van der Waals surface area contributed by atoms with Gasteiger partial charge in [0.15, 0.2) is 11.5 Å². The van der Waals surface area contributed by atoms with E-state index in [0.717, 1.165) is 12.1 Å². The fourth-order valence-corrected chi connectivity index (χ4v) is 5.10. The van der Waals surface area contributed by atoms with Gasteiger partial charge in [0.1, 0.15) is 19.0 Å². The highest BCUT2D eigenvalue weighted by atomic mass is 35.5. The van der Waals surface area contributed by atoms with Gasteiger partial charge in [-0.15, -0.1) is 0 Å². The predicted molar refractivity (Wildman–Crippen MR) is 140 cm³/mol. The van der Waals surface area contributed by atoms with Gasteiger partial charge in [0.05, 0.1) is 16.1 Å². The predicted octanol–water partition coefficient (Wildman–Crippen LogP) is 4.66.